The zero-order valence-electron chi connectivity index (χ0n) is 27.2. The molecule has 0 unspecified atom stereocenters. The van der Waals surface area contributed by atoms with Gasteiger partial charge in [-0.25, -0.2) is 4.79 Å². The van der Waals surface area contributed by atoms with Crippen molar-refractivity contribution < 1.29 is 36.2 Å². The summed E-state index contributed by atoms with van der Waals surface area (Å²) < 4.78 is 42.6. The van der Waals surface area contributed by atoms with Gasteiger partial charge in [0.1, 0.15) is 24.7 Å². The lowest BCUT2D eigenvalue weighted by Crippen LogP contribution is -2.58. The van der Waals surface area contributed by atoms with Crippen LogP contribution in [0, 0.1) is 23.7 Å². The quantitative estimate of drug-likeness (QED) is 0.175. The van der Waals surface area contributed by atoms with Gasteiger partial charge in [-0.15, -0.1) is 3.89 Å². The van der Waals surface area contributed by atoms with Gasteiger partial charge >= 0.3 is 16.3 Å². The number of ether oxygens (including phenoxy) is 1. The molecule has 0 saturated carbocycles. The lowest BCUT2D eigenvalue weighted by atomic mass is 9.98. The van der Waals surface area contributed by atoms with Crippen molar-refractivity contribution in [1.29, 1.82) is 0 Å². The van der Waals surface area contributed by atoms with Crippen LogP contribution in [0.3, 0.4) is 0 Å². The Morgan fingerprint density at radius 3 is 1.41 bits per heavy atom. The van der Waals surface area contributed by atoms with Gasteiger partial charge in [-0.3, -0.25) is 14.4 Å². The van der Waals surface area contributed by atoms with E-state index in [1.54, 1.807) is 26.0 Å². The van der Waals surface area contributed by atoms with E-state index in [4.69, 9.17) is 4.74 Å². The van der Waals surface area contributed by atoms with Crippen molar-refractivity contribution in [3.63, 3.8) is 0 Å². The van der Waals surface area contributed by atoms with E-state index in [1.807, 2.05) is 59.7 Å². The van der Waals surface area contributed by atoms with Crippen LogP contribution in [0.1, 0.15) is 86.6 Å². The lowest BCUT2D eigenvalue weighted by molar-refractivity contribution is -0.133. The average molecular weight is 643 g/mol. The van der Waals surface area contributed by atoms with Crippen molar-refractivity contribution in [2.75, 3.05) is 0 Å². The maximum absolute atomic E-state index is 14.0. The maximum Gasteiger partial charge on any atom is 0.408 e. The van der Waals surface area contributed by atoms with E-state index < -0.39 is 57.5 Å². The van der Waals surface area contributed by atoms with E-state index in [9.17, 15) is 31.5 Å². The van der Waals surface area contributed by atoms with Crippen LogP contribution >= 0.6 is 0 Å². The Morgan fingerprint density at radius 2 is 1.02 bits per heavy atom. The summed E-state index contributed by atoms with van der Waals surface area (Å²) in [6.07, 6.45) is -0.292. The SMILES string of the molecule is CC(C)C[C@H](NC(=O)OCc1ccccc1)C(=O)N[C@@H](CC(C)C)C(=O)N[C@@H](CC(C)C)C(=O)N[C@@H](CC(C)C)S(=O)(=O)F. The molecule has 0 saturated heterocycles. The smallest absolute Gasteiger partial charge is 0.408 e. The predicted octanol–water partition coefficient (Wildman–Crippen LogP) is 4.18. The number of carbonyl (C=O) groups is 4. The Kier molecular flexibility index (Phi) is 16.4. The molecular formula is C31H51FN4O7S. The van der Waals surface area contributed by atoms with Crippen molar-refractivity contribution in [1.82, 2.24) is 21.3 Å². The van der Waals surface area contributed by atoms with E-state index in [1.165, 1.54) is 0 Å². The summed E-state index contributed by atoms with van der Waals surface area (Å²) in [5.41, 5.74) is 0.779. The van der Waals surface area contributed by atoms with Crippen LogP contribution < -0.4 is 21.3 Å². The lowest BCUT2D eigenvalue weighted by Gasteiger charge is -2.28. The van der Waals surface area contributed by atoms with Crippen molar-refractivity contribution in [2.24, 2.45) is 23.7 Å². The Balaban J connectivity index is 3.09. The van der Waals surface area contributed by atoms with Crippen LogP contribution in [0.4, 0.5) is 8.68 Å². The number of halogens is 1. The van der Waals surface area contributed by atoms with Crippen LogP contribution in [-0.2, 0) is 36.0 Å². The van der Waals surface area contributed by atoms with Crippen LogP contribution in [0.25, 0.3) is 0 Å². The number of alkyl carbamates (subject to hydrolysis) is 1. The number of carbonyl (C=O) groups excluding carboxylic acids is 4. The highest BCUT2D eigenvalue weighted by Crippen LogP contribution is 2.15. The molecule has 1 aromatic carbocycles. The summed E-state index contributed by atoms with van der Waals surface area (Å²) >= 11 is 0. The second-order valence-electron chi connectivity index (χ2n) is 12.9. The fourth-order valence-corrected chi connectivity index (χ4v) is 5.36. The van der Waals surface area contributed by atoms with E-state index in [0.29, 0.717) is 0 Å². The molecule has 0 aromatic heterocycles. The average Bonchev–Trinajstić information content (AvgIpc) is 2.89. The van der Waals surface area contributed by atoms with Gasteiger partial charge in [0.05, 0.1) is 0 Å². The summed E-state index contributed by atoms with van der Waals surface area (Å²) in [6, 6.07) is 5.82. The molecule has 4 N–H and O–H groups in total. The molecule has 0 spiro atoms. The third-order valence-electron chi connectivity index (χ3n) is 6.54. The standard InChI is InChI=1S/C31H51FN4O7S/c1-19(2)14-24(28(37)34-25(15-20(3)4)30(39)36-27(17-22(7)8)44(32,41)42)33-29(38)26(16-21(5)6)35-31(40)43-18-23-12-10-9-11-13-23/h9-13,19-22,24-27H,14-18H2,1-8H3,(H,33,38)(H,34,37)(H,35,40)(H,36,39)/t24-,25-,26-,27+/m0/s1. The van der Waals surface area contributed by atoms with E-state index in [0.717, 1.165) is 5.56 Å². The van der Waals surface area contributed by atoms with Gasteiger partial charge in [0.2, 0.25) is 17.7 Å². The minimum atomic E-state index is -5.09. The molecule has 0 bridgehead atoms. The summed E-state index contributed by atoms with van der Waals surface area (Å²) in [5, 5.41) is 8.42. The first-order valence-electron chi connectivity index (χ1n) is 15.2. The number of rotatable bonds is 18. The van der Waals surface area contributed by atoms with Crippen LogP contribution in [-0.4, -0.2) is 55.7 Å². The molecule has 1 aromatic rings. The Hall–Kier alpha value is -3.22. The Labute approximate surface area is 262 Å². The predicted molar refractivity (Wildman–Crippen MR) is 167 cm³/mol. The van der Waals surface area contributed by atoms with E-state index in [-0.39, 0.29) is 56.0 Å². The number of hydrogen-bond donors (Lipinski definition) is 4. The Bertz CT molecular complexity index is 1180. The molecule has 0 heterocycles. The third kappa shape index (κ3) is 15.5. The third-order valence-corrected chi connectivity index (χ3v) is 7.53. The summed E-state index contributed by atoms with van der Waals surface area (Å²) in [6.45, 7) is 14.5. The zero-order chi connectivity index (χ0) is 33.6. The first-order chi connectivity index (χ1) is 20.4. The topological polar surface area (TPSA) is 160 Å². The summed E-state index contributed by atoms with van der Waals surface area (Å²) in [7, 11) is -5.09. The van der Waals surface area contributed by atoms with Crippen LogP contribution in [0.5, 0.6) is 0 Å². The first kappa shape index (κ1) is 38.8. The molecule has 0 aliphatic heterocycles. The molecule has 0 aliphatic rings. The first-order valence-corrected chi connectivity index (χ1v) is 16.6. The van der Waals surface area contributed by atoms with Crippen molar-refractivity contribution in [3.05, 3.63) is 35.9 Å². The molecular weight excluding hydrogens is 591 g/mol. The molecule has 0 aliphatic carbocycles. The molecule has 4 amide bonds. The van der Waals surface area contributed by atoms with E-state index >= 15 is 0 Å². The minimum absolute atomic E-state index is 0.0160. The fourth-order valence-electron chi connectivity index (χ4n) is 4.49. The number of nitrogens with one attached hydrogen (secondary N) is 4. The fraction of sp³-hybridized carbons (Fsp3) is 0.677. The monoisotopic (exact) mass is 642 g/mol. The molecule has 250 valence electrons. The van der Waals surface area contributed by atoms with Crippen molar-refractivity contribution in [3.8, 4) is 0 Å². The number of amides is 4. The highest BCUT2D eigenvalue weighted by molar-refractivity contribution is 7.87. The normalized spacial score (nSPS) is 14.6. The molecule has 11 nitrogen and oxygen atoms in total. The minimum Gasteiger partial charge on any atom is -0.445 e. The van der Waals surface area contributed by atoms with Gasteiger partial charge < -0.3 is 26.0 Å². The largest absolute Gasteiger partial charge is 0.445 e. The molecule has 44 heavy (non-hydrogen) atoms. The van der Waals surface area contributed by atoms with Gasteiger partial charge in [-0.2, -0.15) is 8.42 Å². The second-order valence-corrected chi connectivity index (χ2v) is 14.4. The maximum atomic E-state index is 14.0. The van der Waals surface area contributed by atoms with Gasteiger partial charge in [0.15, 0.2) is 5.37 Å². The molecule has 0 radical (unpaired) electrons. The zero-order valence-corrected chi connectivity index (χ0v) is 28.0. The second kappa shape index (κ2) is 18.6. The molecule has 1 rings (SSSR count). The molecule has 4 atom stereocenters. The van der Waals surface area contributed by atoms with Crippen LogP contribution in [0.2, 0.25) is 0 Å². The Morgan fingerprint density at radius 1 is 0.636 bits per heavy atom. The molecule has 13 heteroatoms. The van der Waals surface area contributed by atoms with Crippen molar-refractivity contribution >= 4 is 34.0 Å². The van der Waals surface area contributed by atoms with Crippen molar-refractivity contribution in [2.45, 2.75) is 111 Å². The summed E-state index contributed by atoms with van der Waals surface area (Å²) in [4.78, 5) is 52.6. The van der Waals surface area contributed by atoms with Gasteiger partial charge in [-0.1, -0.05) is 85.7 Å². The number of hydrogen-bond acceptors (Lipinski definition) is 7. The van der Waals surface area contributed by atoms with Gasteiger partial charge in [0.25, 0.3) is 0 Å². The van der Waals surface area contributed by atoms with Gasteiger partial charge in [0, 0.05) is 0 Å². The van der Waals surface area contributed by atoms with E-state index in [2.05, 4.69) is 21.3 Å². The highest BCUT2D eigenvalue weighted by Gasteiger charge is 2.34. The van der Waals surface area contributed by atoms with Gasteiger partial charge in [-0.05, 0) is 54.9 Å². The van der Waals surface area contributed by atoms with Crippen LogP contribution in [0.15, 0.2) is 30.3 Å². The summed E-state index contributed by atoms with van der Waals surface area (Å²) in [5.74, 6) is -2.43. The highest BCUT2D eigenvalue weighted by atomic mass is 32.3. The number of benzene rings is 1. The molecule has 0 fully saturated rings.